The summed E-state index contributed by atoms with van der Waals surface area (Å²) >= 11 is 0. The zero-order valence-electron chi connectivity index (χ0n) is 16.0. The number of para-hydroxylation sites is 1. The van der Waals surface area contributed by atoms with E-state index < -0.39 is 0 Å². The predicted octanol–water partition coefficient (Wildman–Crippen LogP) is 4.10. The molecule has 2 N–H and O–H groups in total. The average molecular weight is 379 g/mol. The normalized spacial score (nSPS) is 17.0. The number of carbonyl (C=O) groups is 1. The fraction of sp³-hybridized carbons (Fsp3) is 0.318. The number of anilines is 1. The van der Waals surface area contributed by atoms with Crippen molar-refractivity contribution in [3.63, 3.8) is 0 Å². The lowest BCUT2D eigenvalue weighted by Gasteiger charge is -2.32. The number of ether oxygens (including phenoxy) is 2. The molecule has 146 valence electrons. The zero-order valence-corrected chi connectivity index (χ0v) is 16.0. The number of rotatable bonds is 5. The van der Waals surface area contributed by atoms with Crippen molar-refractivity contribution in [2.24, 2.45) is 0 Å². The lowest BCUT2D eigenvalue weighted by molar-refractivity contribution is -0.0260. The molecule has 2 aromatic carbocycles. The van der Waals surface area contributed by atoms with Crippen molar-refractivity contribution in [2.75, 3.05) is 38.7 Å². The van der Waals surface area contributed by atoms with E-state index in [1.807, 2.05) is 36.4 Å². The van der Waals surface area contributed by atoms with Gasteiger partial charge in [0.25, 0.3) is 0 Å². The Hall–Kier alpha value is -2.83. The molecular weight excluding hydrogens is 354 g/mol. The van der Waals surface area contributed by atoms with Crippen LogP contribution in [-0.2, 0) is 9.47 Å². The minimum atomic E-state index is -0.0934. The molecule has 0 unspecified atom stereocenters. The molecule has 1 aliphatic heterocycles. The van der Waals surface area contributed by atoms with E-state index in [9.17, 15) is 4.79 Å². The van der Waals surface area contributed by atoms with Crippen LogP contribution in [-0.4, -0.2) is 55.4 Å². The third-order valence-electron chi connectivity index (χ3n) is 5.05. The van der Waals surface area contributed by atoms with Gasteiger partial charge in [0, 0.05) is 49.1 Å². The van der Waals surface area contributed by atoms with Gasteiger partial charge < -0.3 is 24.7 Å². The van der Waals surface area contributed by atoms with Gasteiger partial charge in [-0.1, -0.05) is 30.3 Å². The minimum absolute atomic E-state index is 0.0313. The Balaban J connectivity index is 1.39. The highest BCUT2D eigenvalue weighted by molar-refractivity contribution is 5.90. The Morgan fingerprint density at radius 3 is 2.86 bits per heavy atom. The molecule has 0 bridgehead atoms. The van der Waals surface area contributed by atoms with Crippen LogP contribution in [0.3, 0.4) is 0 Å². The summed E-state index contributed by atoms with van der Waals surface area (Å²) in [6, 6.07) is 18.1. The molecule has 1 aliphatic rings. The maximum atomic E-state index is 12.6. The molecule has 0 radical (unpaired) electrons. The van der Waals surface area contributed by atoms with Gasteiger partial charge >= 0.3 is 6.03 Å². The van der Waals surface area contributed by atoms with Crippen LogP contribution in [0.4, 0.5) is 10.5 Å². The van der Waals surface area contributed by atoms with Crippen molar-refractivity contribution >= 4 is 22.6 Å². The number of aromatic amines is 1. The number of fused-ring (bicyclic) bond motifs is 1. The van der Waals surface area contributed by atoms with Gasteiger partial charge in [-0.05, 0) is 36.2 Å². The van der Waals surface area contributed by atoms with Gasteiger partial charge in [0.15, 0.2) is 0 Å². The number of nitrogens with zero attached hydrogens (tertiary/aromatic N) is 1. The maximum absolute atomic E-state index is 12.6. The molecule has 6 nitrogen and oxygen atoms in total. The second-order valence-corrected chi connectivity index (χ2v) is 7.00. The zero-order chi connectivity index (χ0) is 19.3. The van der Waals surface area contributed by atoms with Gasteiger partial charge in [0.05, 0.1) is 12.7 Å². The Labute approximate surface area is 164 Å². The minimum Gasteiger partial charge on any atom is -0.385 e. The molecule has 4 rings (SSSR count). The molecule has 1 fully saturated rings. The number of benzene rings is 2. The first-order valence-electron chi connectivity index (χ1n) is 9.57. The number of hydrogen-bond donors (Lipinski definition) is 2. The smallest absolute Gasteiger partial charge is 0.322 e. The van der Waals surface area contributed by atoms with Gasteiger partial charge in [0.2, 0.25) is 0 Å². The summed E-state index contributed by atoms with van der Waals surface area (Å²) in [5.41, 5.74) is 4.04. The number of nitrogens with one attached hydrogen (secondary N) is 2. The number of urea groups is 1. The van der Waals surface area contributed by atoms with Crippen LogP contribution in [0, 0.1) is 0 Å². The molecule has 1 atom stereocenters. The molecule has 2 heterocycles. The van der Waals surface area contributed by atoms with Crippen molar-refractivity contribution in [3.05, 3.63) is 54.6 Å². The van der Waals surface area contributed by atoms with Crippen LogP contribution in [0.1, 0.15) is 6.42 Å². The van der Waals surface area contributed by atoms with Crippen molar-refractivity contribution in [2.45, 2.75) is 12.5 Å². The summed E-state index contributed by atoms with van der Waals surface area (Å²) < 4.78 is 10.8. The molecule has 0 aliphatic carbocycles. The molecule has 0 saturated carbocycles. The summed E-state index contributed by atoms with van der Waals surface area (Å²) in [4.78, 5) is 17.8. The van der Waals surface area contributed by atoms with E-state index in [-0.39, 0.29) is 12.1 Å². The van der Waals surface area contributed by atoms with Crippen molar-refractivity contribution in [1.29, 1.82) is 0 Å². The monoisotopic (exact) mass is 379 g/mol. The summed E-state index contributed by atoms with van der Waals surface area (Å²) in [6.45, 7) is 2.38. The summed E-state index contributed by atoms with van der Waals surface area (Å²) in [5, 5.41) is 4.17. The molecule has 28 heavy (non-hydrogen) atoms. The van der Waals surface area contributed by atoms with E-state index >= 15 is 0 Å². The third-order valence-corrected chi connectivity index (χ3v) is 5.05. The number of hydrogen-bond acceptors (Lipinski definition) is 3. The van der Waals surface area contributed by atoms with Gasteiger partial charge in [-0.2, -0.15) is 0 Å². The summed E-state index contributed by atoms with van der Waals surface area (Å²) in [6.07, 6.45) is 0.822. The Bertz CT molecular complexity index is 903. The van der Waals surface area contributed by atoms with Crippen molar-refractivity contribution in [3.8, 4) is 11.3 Å². The van der Waals surface area contributed by atoms with E-state index in [0.29, 0.717) is 26.3 Å². The van der Waals surface area contributed by atoms with E-state index in [1.165, 1.54) is 5.39 Å². The van der Waals surface area contributed by atoms with E-state index in [4.69, 9.17) is 9.47 Å². The molecule has 1 saturated heterocycles. The highest BCUT2D eigenvalue weighted by Crippen LogP contribution is 2.25. The Kier molecular flexibility index (Phi) is 5.60. The molecule has 0 spiro atoms. The highest BCUT2D eigenvalue weighted by atomic mass is 16.5. The van der Waals surface area contributed by atoms with Crippen molar-refractivity contribution in [1.82, 2.24) is 9.88 Å². The van der Waals surface area contributed by atoms with Crippen LogP contribution in [0.25, 0.3) is 22.2 Å². The average Bonchev–Trinajstić information content (AvgIpc) is 3.17. The van der Waals surface area contributed by atoms with E-state index in [1.54, 1.807) is 12.0 Å². The molecule has 3 aromatic rings. The van der Waals surface area contributed by atoms with Crippen LogP contribution in [0.5, 0.6) is 0 Å². The van der Waals surface area contributed by atoms with E-state index in [0.717, 1.165) is 28.9 Å². The van der Waals surface area contributed by atoms with Gasteiger partial charge in [-0.15, -0.1) is 0 Å². The van der Waals surface area contributed by atoms with Crippen LogP contribution >= 0.6 is 0 Å². The number of H-pyrrole nitrogens is 1. The SMILES string of the molecule is COCC[C@H]1CN(C(=O)Nc2ccc(-c3cc4ccccc4[nH]3)cc2)CCO1. The number of methoxy groups -OCH3 is 1. The lowest BCUT2D eigenvalue weighted by atomic mass is 10.1. The van der Waals surface area contributed by atoms with Crippen LogP contribution in [0.15, 0.2) is 54.6 Å². The first-order chi connectivity index (χ1) is 13.7. The quantitative estimate of drug-likeness (QED) is 0.701. The van der Waals surface area contributed by atoms with Crippen LogP contribution < -0.4 is 5.32 Å². The second kappa shape index (κ2) is 8.46. The fourth-order valence-electron chi connectivity index (χ4n) is 3.49. The molecule has 1 aromatic heterocycles. The third kappa shape index (κ3) is 4.18. The first-order valence-corrected chi connectivity index (χ1v) is 9.57. The summed E-state index contributed by atoms with van der Waals surface area (Å²) in [7, 11) is 1.67. The largest absolute Gasteiger partial charge is 0.385 e. The topological polar surface area (TPSA) is 66.6 Å². The van der Waals surface area contributed by atoms with Crippen molar-refractivity contribution < 1.29 is 14.3 Å². The highest BCUT2D eigenvalue weighted by Gasteiger charge is 2.24. The Morgan fingerprint density at radius 1 is 1.25 bits per heavy atom. The Morgan fingerprint density at radius 2 is 2.07 bits per heavy atom. The van der Waals surface area contributed by atoms with E-state index in [2.05, 4.69) is 28.5 Å². The molecule has 2 amide bonds. The first kappa shape index (κ1) is 18.5. The van der Waals surface area contributed by atoms with Gasteiger partial charge in [-0.3, -0.25) is 0 Å². The molecular formula is C22H25N3O3. The fourth-order valence-corrected chi connectivity index (χ4v) is 3.49. The maximum Gasteiger partial charge on any atom is 0.322 e. The lowest BCUT2D eigenvalue weighted by Crippen LogP contribution is -2.47. The predicted molar refractivity (Wildman–Crippen MR) is 111 cm³/mol. The number of amides is 2. The van der Waals surface area contributed by atoms with Gasteiger partial charge in [0.1, 0.15) is 0 Å². The number of aromatic nitrogens is 1. The molecule has 6 heteroatoms. The summed E-state index contributed by atoms with van der Waals surface area (Å²) in [5.74, 6) is 0. The number of carbonyl (C=O) groups excluding carboxylic acids is 1. The standard InChI is InChI=1S/C22H25N3O3/c1-27-12-10-19-15-25(11-13-28-19)22(26)23-18-8-6-16(7-9-18)21-14-17-4-2-3-5-20(17)24-21/h2-9,14,19,24H,10-13,15H2,1H3,(H,23,26)/t19-/m0/s1. The van der Waals surface area contributed by atoms with Crippen LogP contribution in [0.2, 0.25) is 0 Å². The van der Waals surface area contributed by atoms with Gasteiger partial charge in [-0.25, -0.2) is 4.79 Å². The number of morpholine rings is 1. The second-order valence-electron chi connectivity index (χ2n) is 7.00.